The van der Waals surface area contributed by atoms with Crippen molar-refractivity contribution in [2.45, 2.75) is 103 Å². The molecule has 36 heteroatoms. The molecule has 5 amide bonds. The summed E-state index contributed by atoms with van der Waals surface area (Å²) in [6.07, 6.45) is 7.02. The number of nitrogens with two attached hydrogens (primary N) is 1. The Morgan fingerprint density at radius 2 is 1.11 bits per heavy atom. The van der Waals surface area contributed by atoms with Gasteiger partial charge in [0.25, 0.3) is 0 Å². The third-order valence-electron chi connectivity index (χ3n) is 12.8. The fourth-order valence-corrected chi connectivity index (χ4v) is 11.1. The molecule has 4 rings (SSSR count). The van der Waals surface area contributed by atoms with Gasteiger partial charge in [-0.3, -0.25) is 29.0 Å². The van der Waals surface area contributed by atoms with Gasteiger partial charge in [-0.2, -0.15) is 0 Å². The van der Waals surface area contributed by atoms with E-state index >= 15 is 0 Å². The number of rotatable bonds is 42. The standard InChI is InChI=1S/C34H46N6O3.C20H47N5O18S4/c1-34(2,33-37-38-39-40(33)22-12-10-19-31(41)35-21-14-23-42-3)20-11-13-24-43-32-26-29(27-15-6-4-7-16-27)25-30(36-32)28-17-8-5-9-18-28;1-2-5-42-7-8-43-6-3-4-22-18(27)14(10-45(33,34)35)24-20(29)16(12-47(39,40)41)25-19(28)15(11-46(36,37)38)23-17(26)13(21)9-44(30,31)32/h4-9,15-18,25-26,38-39H,10-14,19-24H2,1-3H3,(H,35,41);13-16,30-41H,2-12,21H2,1H3,(H,22,27)(H,23,26)(H,24,29)(H,25,28)/t;13-,14-,15-,16-/m.0/s1. The maximum absolute atomic E-state index is 13.1. The molecule has 0 aliphatic carbocycles. The van der Waals surface area contributed by atoms with Gasteiger partial charge in [-0.05, 0) is 68.6 Å². The smallest absolute Gasteiger partial charge is 0.244 e. The number of hydrogen-bond acceptors (Lipinski definition) is 27. The molecule has 0 saturated heterocycles. The molecular formula is C54H93N11O21S4. The van der Waals surface area contributed by atoms with Gasteiger partial charge < -0.3 is 106 Å². The SMILES string of the molecule is CCCOCCOCCCNC(=O)[C@H](CS(O)(O)O)NC(=O)[C@H](CS(O)(O)O)NC(=O)[C@H](CS(O)(O)O)NC(=O)[C@@H](N)CS(O)(O)O.COCCCNC(=O)CCCCN1NNN=C1C(C)(C)CCCCOc1cc(-c2ccccc2)cc(-c2ccccc2)n1. The van der Waals surface area contributed by atoms with Crippen LogP contribution in [0.3, 0.4) is 0 Å². The number of hydrazone groups is 1. The van der Waals surface area contributed by atoms with Crippen LogP contribution in [-0.4, -0.2) is 214 Å². The van der Waals surface area contributed by atoms with E-state index in [2.05, 4.69) is 76.0 Å². The number of hydrogen-bond donors (Lipinski definition) is 20. The molecule has 3 aromatic rings. The van der Waals surface area contributed by atoms with Crippen LogP contribution < -0.4 is 48.1 Å². The molecule has 0 unspecified atom stereocenters. The number of amides is 5. The van der Waals surface area contributed by atoms with E-state index in [0.29, 0.717) is 45.3 Å². The van der Waals surface area contributed by atoms with E-state index in [1.165, 1.54) is 0 Å². The molecule has 1 aromatic heterocycles. The second kappa shape index (κ2) is 40.0. The Bertz CT molecular complexity index is 2600. The van der Waals surface area contributed by atoms with Crippen molar-refractivity contribution in [3.8, 4) is 28.3 Å². The Balaban J connectivity index is 0.000000471. The molecule has 0 bridgehead atoms. The molecule has 1 aliphatic rings. The average molecular weight is 1360 g/mol. The van der Waals surface area contributed by atoms with Gasteiger partial charge in [0.15, 0.2) is 0 Å². The third kappa shape index (κ3) is 33.9. The highest BCUT2D eigenvalue weighted by atomic mass is 32.3. The summed E-state index contributed by atoms with van der Waals surface area (Å²) in [7, 11) is -16.3. The number of pyridine rings is 1. The normalized spacial score (nSPS) is 14.9. The molecule has 4 atom stereocenters. The number of amidine groups is 1. The number of hydrazine groups is 2. The first-order chi connectivity index (χ1) is 42.3. The van der Waals surface area contributed by atoms with E-state index in [4.69, 9.17) is 43.3 Å². The minimum absolute atomic E-state index is 0.0640. The lowest BCUT2D eigenvalue weighted by molar-refractivity contribution is -0.133. The molecule has 90 heavy (non-hydrogen) atoms. The van der Waals surface area contributed by atoms with Crippen molar-refractivity contribution in [3.05, 3.63) is 72.8 Å². The first-order valence-electron chi connectivity index (χ1n) is 28.7. The number of nitrogens with one attached hydrogen (secondary N) is 7. The highest BCUT2D eigenvalue weighted by Crippen LogP contribution is 2.37. The van der Waals surface area contributed by atoms with Crippen LogP contribution in [0.15, 0.2) is 77.9 Å². The Hall–Kier alpha value is -5.27. The third-order valence-corrected chi connectivity index (χ3v) is 16.0. The lowest BCUT2D eigenvalue weighted by atomic mass is 9.85. The largest absolute Gasteiger partial charge is 0.478 e. The lowest BCUT2D eigenvalue weighted by Gasteiger charge is -2.31. The number of methoxy groups -OCH3 is 1. The molecule has 2 aromatic carbocycles. The summed E-state index contributed by atoms with van der Waals surface area (Å²) in [5, 5.41) is 17.4. The molecule has 2 heterocycles. The highest BCUT2D eigenvalue weighted by Gasteiger charge is 2.38. The van der Waals surface area contributed by atoms with Gasteiger partial charge in [-0.15, -0.1) is 10.6 Å². The van der Waals surface area contributed by atoms with Crippen LogP contribution in [0.2, 0.25) is 0 Å². The number of carbonyl (C=O) groups excluding carboxylic acids is 5. The van der Waals surface area contributed by atoms with Crippen molar-refractivity contribution in [3.63, 3.8) is 0 Å². The highest BCUT2D eigenvalue weighted by molar-refractivity contribution is 8.20. The van der Waals surface area contributed by atoms with E-state index in [0.717, 1.165) is 79.7 Å². The molecule has 0 spiro atoms. The number of carbonyl (C=O) groups is 5. The Labute approximate surface area is 531 Å². The summed E-state index contributed by atoms with van der Waals surface area (Å²) in [5.74, 6) is -8.88. The summed E-state index contributed by atoms with van der Waals surface area (Å²) < 4.78 is 135. The van der Waals surface area contributed by atoms with Crippen molar-refractivity contribution in [1.82, 2.24) is 47.6 Å². The lowest BCUT2D eigenvalue weighted by Crippen LogP contribution is -2.60. The predicted molar refractivity (Wildman–Crippen MR) is 347 cm³/mol. The number of aromatic nitrogens is 1. The molecule has 514 valence electrons. The topological polar surface area (TPSA) is 504 Å². The minimum atomic E-state index is -4.63. The van der Waals surface area contributed by atoms with Gasteiger partial charge in [-0.25, -0.2) is 10.5 Å². The van der Waals surface area contributed by atoms with Crippen LogP contribution in [0, 0.1) is 5.41 Å². The number of nitrogens with zero attached hydrogens (tertiary/aromatic N) is 3. The van der Waals surface area contributed by atoms with E-state index < -0.39 is 114 Å². The molecular weight excluding hydrogens is 1270 g/mol. The molecule has 21 N–H and O–H groups in total. The monoisotopic (exact) mass is 1360 g/mol. The zero-order chi connectivity index (χ0) is 67.0. The minimum Gasteiger partial charge on any atom is -0.478 e. The Morgan fingerprint density at radius 1 is 0.589 bits per heavy atom. The molecule has 1 aliphatic heterocycles. The first-order valence-corrected chi connectivity index (χ1v) is 35.4. The predicted octanol–water partition coefficient (Wildman–Crippen LogP) is 5.56. The van der Waals surface area contributed by atoms with Crippen LogP contribution >= 0.6 is 43.5 Å². The van der Waals surface area contributed by atoms with Gasteiger partial charge >= 0.3 is 0 Å². The fraction of sp³-hybridized carbons (Fsp3) is 0.574. The van der Waals surface area contributed by atoms with Crippen LogP contribution in [0.1, 0.15) is 78.6 Å². The van der Waals surface area contributed by atoms with Gasteiger partial charge in [-0.1, -0.05) is 81.4 Å². The van der Waals surface area contributed by atoms with E-state index in [1.54, 1.807) is 12.4 Å². The van der Waals surface area contributed by atoms with Gasteiger partial charge in [0.2, 0.25) is 35.4 Å². The first kappa shape index (κ1) is 79.0. The van der Waals surface area contributed by atoms with Crippen molar-refractivity contribution < 1.29 is 97.6 Å². The molecule has 0 saturated carbocycles. The van der Waals surface area contributed by atoms with E-state index in [-0.39, 0.29) is 37.5 Å². The summed E-state index contributed by atoms with van der Waals surface area (Å²) >= 11 is 0. The van der Waals surface area contributed by atoms with Gasteiger partial charge in [0.05, 0.1) is 98.1 Å². The zero-order valence-corrected chi connectivity index (χ0v) is 54.2. The zero-order valence-electron chi connectivity index (χ0n) is 50.9. The van der Waals surface area contributed by atoms with Gasteiger partial charge in [0.1, 0.15) is 24.0 Å². The Kier molecular flexibility index (Phi) is 35.1. The number of unbranched alkanes of at least 4 members (excludes halogenated alkanes) is 2. The fourth-order valence-electron chi connectivity index (χ4n) is 8.44. The maximum Gasteiger partial charge on any atom is 0.244 e. The molecule has 0 radical (unpaired) electrons. The average Bonchev–Trinajstić information content (AvgIpc) is 1.64. The number of ether oxygens (including phenoxy) is 4. The Morgan fingerprint density at radius 3 is 1.67 bits per heavy atom. The molecule has 32 nitrogen and oxygen atoms in total. The van der Waals surface area contributed by atoms with Crippen molar-refractivity contribution in [2.75, 3.05) is 89.4 Å². The molecule has 0 fully saturated rings. The van der Waals surface area contributed by atoms with Crippen molar-refractivity contribution in [2.24, 2.45) is 16.3 Å². The van der Waals surface area contributed by atoms with E-state index in [1.807, 2.05) is 60.0 Å². The van der Waals surface area contributed by atoms with Gasteiger partial charge in [0, 0.05) is 70.0 Å². The second-order valence-corrected chi connectivity index (χ2v) is 27.7. The van der Waals surface area contributed by atoms with Crippen molar-refractivity contribution >= 4 is 78.9 Å². The summed E-state index contributed by atoms with van der Waals surface area (Å²) in [6, 6.07) is 16.4. The summed E-state index contributed by atoms with van der Waals surface area (Å²) in [6.45, 7) is 10.4. The van der Waals surface area contributed by atoms with Crippen molar-refractivity contribution in [1.29, 1.82) is 0 Å². The van der Waals surface area contributed by atoms with Crippen LogP contribution in [0.25, 0.3) is 22.4 Å². The summed E-state index contributed by atoms with van der Waals surface area (Å²) in [4.78, 5) is 67.9. The second-order valence-electron chi connectivity index (χ2n) is 21.3. The maximum atomic E-state index is 13.1. The number of benzene rings is 2. The van der Waals surface area contributed by atoms with Crippen LogP contribution in [0.5, 0.6) is 5.88 Å². The van der Waals surface area contributed by atoms with Crippen LogP contribution in [-0.2, 0) is 38.2 Å². The summed E-state index contributed by atoms with van der Waals surface area (Å²) in [5.41, 5.74) is 15.5. The quantitative estimate of drug-likeness (QED) is 0.0308. The van der Waals surface area contributed by atoms with Crippen LogP contribution in [0.4, 0.5) is 0 Å². The van der Waals surface area contributed by atoms with E-state index in [9.17, 15) is 64.9 Å².